The summed E-state index contributed by atoms with van der Waals surface area (Å²) in [4.78, 5) is 0. The highest BCUT2D eigenvalue weighted by atomic mass is 16.5. The molecule has 0 saturated carbocycles. The van der Waals surface area contributed by atoms with Crippen molar-refractivity contribution < 1.29 is 9.84 Å². The third kappa shape index (κ3) is 3.62. The molecule has 1 fully saturated rings. The molecule has 0 aromatic carbocycles. The number of hydrogen-bond acceptors (Lipinski definition) is 2. The number of allylic oxidation sites excluding steroid dienone is 1. The van der Waals surface area contributed by atoms with Crippen LogP contribution >= 0.6 is 0 Å². The predicted molar refractivity (Wildman–Crippen MR) is 62.9 cm³/mol. The lowest BCUT2D eigenvalue weighted by molar-refractivity contribution is 0.113. The summed E-state index contributed by atoms with van der Waals surface area (Å²) in [5, 5.41) is 9.32. The Balaban J connectivity index is 2.32. The molecule has 1 saturated heterocycles. The van der Waals surface area contributed by atoms with E-state index in [1.807, 2.05) is 0 Å². The first-order valence-corrected chi connectivity index (χ1v) is 6.11. The SMILES string of the molecule is CCCCCC/C=C1/COCC1(C)CO. The van der Waals surface area contributed by atoms with Crippen molar-refractivity contribution >= 4 is 0 Å². The van der Waals surface area contributed by atoms with Gasteiger partial charge in [-0.2, -0.15) is 0 Å². The summed E-state index contributed by atoms with van der Waals surface area (Å²) in [6.45, 7) is 5.90. The monoisotopic (exact) mass is 212 g/mol. The second kappa shape index (κ2) is 6.29. The normalized spacial score (nSPS) is 28.9. The van der Waals surface area contributed by atoms with Crippen LogP contribution in [0.5, 0.6) is 0 Å². The Kier molecular flexibility index (Phi) is 5.34. The number of ether oxygens (including phenoxy) is 1. The van der Waals surface area contributed by atoms with Gasteiger partial charge < -0.3 is 9.84 Å². The van der Waals surface area contributed by atoms with Gasteiger partial charge in [0.2, 0.25) is 0 Å². The lowest BCUT2D eigenvalue weighted by atomic mass is 9.85. The second-order valence-electron chi connectivity index (χ2n) is 4.79. The molecule has 1 aliphatic rings. The van der Waals surface area contributed by atoms with Crippen molar-refractivity contribution in [2.45, 2.75) is 46.0 Å². The van der Waals surface area contributed by atoms with Crippen LogP contribution in [0.1, 0.15) is 46.0 Å². The van der Waals surface area contributed by atoms with Crippen molar-refractivity contribution in [3.63, 3.8) is 0 Å². The van der Waals surface area contributed by atoms with Crippen LogP contribution in [-0.2, 0) is 4.74 Å². The summed E-state index contributed by atoms with van der Waals surface area (Å²) >= 11 is 0. The van der Waals surface area contributed by atoms with Crippen LogP contribution < -0.4 is 0 Å². The number of hydrogen-bond donors (Lipinski definition) is 1. The van der Waals surface area contributed by atoms with Gasteiger partial charge in [-0.25, -0.2) is 0 Å². The Morgan fingerprint density at radius 3 is 2.87 bits per heavy atom. The first kappa shape index (κ1) is 12.7. The van der Waals surface area contributed by atoms with Gasteiger partial charge in [0, 0.05) is 5.41 Å². The quantitative estimate of drug-likeness (QED) is 0.542. The van der Waals surface area contributed by atoms with Gasteiger partial charge in [0.15, 0.2) is 0 Å². The van der Waals surface area contributed by atoms with Crippen molar-refractivity contribution in [3.8, 4) is 0 Å². The molecule has 1 N–H and O–H groups in total. The number of rotatable bonds is 6. The maximum Gasteiger partial charge on any atom is 0.0684 e. The largest absolute Gasteiger partial charge is 0.395 e. The molecule has 0 aromatic heterocycles. The number of aliphatic hydroxyl groups is 1. The maximum atomic E-state index is 9.32. The molecule has 0 spiro atoms. The van der Waals surface area contributed by atoms with Crippen molar-refractivity contribution in [1.29, 1.82) is 0 Å². The maximum absolute atomic E-state index is 9.32. The Labute approximate surface area is 93.3 Å². The smallest absolute Gasteiger partial charge is 0.0684 e. The highest BCUT2D eigenvalue weighted by molar-refractivity contribution is 5.17. The molecule has 0 bridgehead atoms. The molecule has 1 atom stereocenters. The van der Waals surface area contributed by atoms with E-state index in [4.69, 9.17) is 4.74 Å². The zero-order valence-corrected chi connectivity index (χ0v) is 10.1. The van der Waals surface area contributed by atoms with E-state index in [1.54, 1.807) is 0 Å². The molecular formula is C13H24O2. The fraction of sp³-hybridized carbons (Fsp3) is 0.846. The molecule has 1 unspecified atom stereocenters. The lowest BCUT2D eigenvalue weighted by Crippen LogP contribution is -2.23. The van der Waals surface area contributed by atoms with Crippen molar-refractivity contribution in [1.82, 2.24) is 0 Å². The Hall–Kier alpha value is -0.340. The van der Waals surface area contributed by atoms with E-state index in [9.17, 15) is 5.11 Å². The van der Waals surface area contributed by atoms with Gasteiger partial charge in [0.1, 0.15) is 0 Å². The lowest BCUT2D eigenvalue weighted by Gasteiger charge is -2.20. The van der Waals surface area contributed by atoms with Gasteiger partial charge in [-0.1, -0.05) is 39.2 Å². The van der Waals surface area contributed by atoms with Gasteiger partial charge in [-0.3, -0.25) is 0 Å². The van der Waals surface area contributed by atoms with Crippen molar-refractivity contribution in [2.75, 3.05) is 19.8 Å². The van der Waals surface area contributed by atoms with Crippen LogP contribution in [0.25, 0.3) is 0 Å². The molecule has 1 rings (SSSR count). The second-order valence-corrected chi connectivity index (χ2v) is 4.79. The van der Waals surface area contributed by atoms with Gasteiger partial charge >= 0.3 is 0 Å². The molecule has 0 radical (unpaired) electrons. The Bertz CT molecular complexity index is 211. The van der Waals surface area contributed by atoms with Crippen LogP contribution in [0.2, 0.25) is 0 Å². The third-order valence-corrected chi connectivity index (χ3v) is 3.25. The standard InChI is InChI=1S/C13H24O2/c1-3-4-5-6-7-8-12-9-15-11-13(12,2)10-14/h8,14H,3-7,9-11H2,1-2H3/b12-8-. The summed E-state index contributed by atoms with van der Waals surface area (Å²) in [5.41, 5.74) is 1.19. The van der Waals surface area contributed by atoms with E-state index in [0.29, 0.717) is 13.2 Å². The molecule has 0 amide bonds. The Morgan fingerprint density at radius 1 is 1.40 bits per heavy atom. The molecule has 88 valence electrons. The van der Waals surface area contributed by atoms with Crippen molar-refractivity contribution in [2.24, 2.45) is 5.41 Å². The first-order chi connectivity index (χ1) is 7.23. The van der Waals surface area contributed by atoms with Gasteiger partial charge in [0.05, 0.1) is 19.8 Å². The van der Waals surface area contributed by atoms with E-state index >= 15 is 0 Å². The van der Waals surface area contributed by atoms with Crippen molar-refractivity contribution in [3.05, 3.63) is 11.6 Å². The highest BCUT2D eigenvalue weighted by Crippen LogP contribution is 2.33. The fourth-order valence-corrected chi connectivity index (χ4v) is 1.95. The molecule has 2 heteroatoms. The van der Waals surface area contributed by atoms with E-state index in [1.165, 1.54) is 31.3 Å². The topological polar surface area (TPSA) is 29.5 Å². The fourth-order valence-electron chi connectivity index (χ4n) is 1.95. The van der Waals surface area contributed by atoms with Crippen LogP contribution in [0.15, 0.2) is 11.6 Å². The van der Waals surface area contributed by atoms with Crippen LogP contribution in [0.3, 0.4) is 0 Å². The van der Waals surface area contributed by atoms with Gasteiger partial charge in [-0.15, -0.1) is 0 Å². The summed E-state index contributed by atoms with van der Waals surface area (Å²) in [6.07, 6.45) is 8.61. The molecule has 1 aliphatic heterocycles. The molecule has 1 heterocycles. The third-order valence-electron chi connectivity index (χ3n) is 3.25. The minimum absolute atomic E-state index is 0.106. The van der Waals surface area contributed by atoms with E-state index in [-0.39, 0.29) is 12.0 Å². The highest BCUT2D eigenvalue weighted by Gasteiger charge is 2.33. The van der Waals surface area contributed by atoms with Crippen LogP contribution in [0, 0.1) is 5.41 Å². The zero-order valence-electron chi connectivity index (χ0n) is 10.1. The summed E-state index contributed by atoms with van der Waals surface area (Å²) < 4.78 is 5.41. The minimum Gasteiger partial charge on any atom is -0.395 e. The van der Waals surface area contributed by atoms with Crippen LogP contribution in [0.4, 0.5) is 0 Å². The summed E-state index contributed by atoms with van der Waals surface area (Å²) in [7, 11) is 0. The summed E-state index contributed by atoms with van der Waals surface area (Å²) in [5.74, 6) is 0. The molecule has 0 aliphatic carbocycles. The van der Waals surface area contributed by atoms with Gasteiger partial charge in [-0.05, 0) is 18.4 Å². The average Bonchev–Trinajstić information content (AvgIpc) is 2.61. The van der Waals surface area contributed by atoms with Crippen LogP contribution in [-0.4, -0.2) is 24.9 Å². The first-order valence-electron chi connectivity index (χ1n) is 6.11. The van der Waals surface area contributed by atoms with E-state index in [0.717, 1.165) is 6.42 Å². The number of unbranched alkanes of at least 4 members (excludes halogenated alkanes) is 4. The van der Waals surface area contributed by atoms with Gasteiger partial charge in [0.25, 0.3) is 0 Å². The minimum atomic E-state index is -0.106. The molecule has 15 heavy (non-hydrogen) atoms. The average molecular weight is 212 g/mol. The van der Waals surface area contributed by atoms with E-state index < -0.39 is 0 Å². The molecule has 2 nitrogen and oxygen atoms in total. The molecule has 0 aromatic rings. The Morgan fingerprint density at radius 2 is 2.20 bits per heavy atom. The summed E-state index contributed by atoms with van der Waals surface area (Å²) in [6, 6.07) is 0. The van der Waals surface area contributed by atoms with E-state index in [2.05, 4.69) is 19.9 Å². The zero-order chi connectivity index (χ0) is 11.1. The number of aliphatic hydroxyl groups excluding tert-OH is 1. The molecular weight excluding hydrogens is 188 g/mol. The predicted octanol–water partition coefficient (Wildman–Crippen LogP) is 2.91.